The number of aromatic nitrogens is 1. The number of hydrogen-bond donors (Lipinski definition) is 2. The second-order valence-corrected chi connectivity index (χ2v) is 5.13. The number of likely N-dealkylation sites (tertiary alicyclic amines) is 1. The third kappa shape index (κ3) is 2.67. The van der Waals surface area contributed by atoms with E-state index in [4.69, 9.17) is 10.3 Å². The van der Waals surface area contributed by atoms with E-state index in [-0.39, 0.29) is 18.9 Å². The van der Waals surface area contributed by atoms with Gasteiger partial charge in [-0.1, -0.05) is 12.1 Å². The Labute approximate surface area is 116 Å². The highest BCUT2D eigenvalue weighted by Gasteiger charge is 2.40. The highest BCUT2D eigenvalue weighted by Crippen LogP contribution is 2.27. The fourth-order valence-corrected chi connectivity index (χ4v) is 2.57. The maximum absolute atomic E-state index is 12.6. The Morgan fingerprint density at radius 2 is 2.35 bits per heavy atom. The summed E-state index contributed by atoms with van der Waals surface area (Å²) in [5, 5.41) is 13.4. The number of carbonyl (C=O) groups excluding carboxylic acids is 2. The summed E-state index contributed by atoms with van der Waals surface area (Å²) in [7, 11) is 0. The van der Waals surface area contributed by atoms with Gasteiger partial charge in [0.05, 0.1) is 17.7 Å². The largest absolute Gasteiger partial charge is 0.391 e. The first-order valence-electron chi connectivity index (χ1n) is 6.65. The van der Waals surface area contributed by atoms with Crippen LogP contribution in [-0.4, -0.2) is 45.7 Å². The lowest BCUT2D eigenvalue weighted by Crippen LogP contribution is -2.45. The van der Waals surface area contributed by atoms with Gasteiger partial charge in [-0.25, -0.2) is 0 Å². The molecule has 2 amide bonds. The smallest absolute Gasteiger partial charge is 0.240 e. The van der Waals surface area contributed by atoms with E-state index in [9.17, 15) is 14.7 Å². The minimum absolute atomic E-state index is 0.121. The lowest BCUT2D eigenvalue weighted by atomic mass is 10.0. The number of aryl methyl sites for hydroxylation is 1. The van der Waals surface area contributed by atoms with Crippen molar-refractivity contribution in [2.24, 2.45) is 5.73 Å². The molecular weight excluding hydrogens is 262 g/mol. The van der Waals surface area contributed by atoms with E-state index >= 15 is 0 Å². The van der Waals surface area contributed by atoms with Gasteiger partial charge in [0.25, 0.3) is 0 Å². The molecule has 1 aromatic rings. The average molecular weight is 281 g/mol. The van der Waals surface area contributed by atoms with Crippen molar-refractivity contribution in [2.45, 2.75) is 44.8 Å². The number of β-amino-alcohol motifs (C(OH)–C–C–N with tert-alkyl or cyclic N) is 1. The molecule has 3 N–H and O–H groups in total. The molecule has 7 heteroatoms. The maximum atomic E-state index is 12.6. The minimum Gasteiger partial charge on any atom is -0.391 e. The van der Waals surface area contributed by atoms with E-state index in [0.717, 1.165) is 0 Å². The number of carbonyl (C=O) groups is 2. The van der Waals surface area contributed by atoms with Crippen LogP contribution in [0.3, 0.4) is 0 Å². The number of hydrogen-bond acceptors (Lipinski definition) is 5. The van der Waals surface area contributed by atoms with Crippen LogP contribution in [0, 0.1) is 6.92 Å². The normalized spacial score (nSPS) is 23.9. The number of rotatable bonds is 4. The SMILES string of the molecule is CCC(C(=O)N1CC(O)CC1C(N)=O)c1cc(C)no1. The van der Waals surface area contributed by atoms with Crippen molar-refractivity contribution >= 4 is 11.8 Å². The van der Waals surface area contributed by atoms with Crippen molar-refractivity contribution in [1.29, 1.82) is 0 Å². The van der Waals surface area contributed by atoms with Crippen molar-refractivity contribution in [1.82, 2.24) is 10.1 Å². The molecule has 3 atom stereocenters. The predicted molar refractivity (Wildman–Crippen MR) is 69.6 cm³/mol. The zero-order chi connectivity index (χ0) is 14.9. The maximum Gasteiger partial charge on any atom is 0.240 e. The van der Waals surface area contributed by atoms with E-state index < -0.39 is 24.0 Å². The predicted octanol–water partition coefficient (Wildman–Crippen LogP) is -0.0763. The number of primary amides is 1. The van der Waals surface area contributed by atoms with Crippen molar-refractivity contribution < 1.29 is 19.2 Å². The summed E-state index contributed by atoms with van der Waals surface area (Å²) in [6.45, 7) is 3.75. The molecule has 7 nitrogen and oxygen atoms in total. The first-order chi connectivity index (χ1) is 9.43. The molecule has 1 aliphatic heterocycles. The summed E-state index contributed by atoms with van der Waals surface area (Å²) < 4.78 is 5.14. The average Bonchev–Trinajstić information content (AvgIpc) is 2.96. The van der Waals surface area contributed by atoms with Gasteiger partial charge < -0.3 is 20.3 Å². The fourth-order valence-electron chi connectivity index (χ4n) is 2.57. The van der Waals surface area contributed by atoms with Crippen LogP contribution >= 0.6 is 0 Å². The Kier molecular flexibility index (Phi) is 4.08. The molecule has 0 bridgehead atoms. The molecule has 2 heterocycles. The fraction of sp³-hybridized carbons (Fsp3) is 0.615. The molecule has 1 saturated heterocycles. The highest BCUT2D eigenvalue weighted by molar-refractivity contribution is 5.90. The molecule has 0 radical (unpaired) electrons. The summed E-state index contributed by atoms with van der Waals surface area (Å²) >= 11 is 0. The molecule has 2 rings (SSSR count). The molecule has 20 heavy (non-hydrogen) atoms. The lowest BCUT2D eigenvalue weighted by Gasteiger charge is -2.25. The van der Waals surface area contributed by atoms with E-state index in [2.05, 4.69) is 5.16 Å². The lowest BCUT2D eigenvalue weighted by molar-refractivity contribution is -0.139. The van der Waals surface area contributed by atoms with E-state index in [0.29, 0.717) is 17.9 Å². The van der Waals surface area contributed by atoms with Gasteiger partial charge in [0.2, 0.25) is 11.8 Å². The molecule has 0 spiro atoms. The van der Waals surface area contributed by atoms with Gasteiger partial charge in [-0.3, -0.25) is 9.59 Å². The summed E-state index contributed by atoms with van der Waals surface area (Å²) in [6.07, 6.45) is -0.0104. The molecule has 1 aliphatic rings. The van der Waals surface area contributed by atoms with Crippen LogP contribution in [0.25, 0.3) is 0 Å². The van der Waals surface area contributed by atoms with Crippen molar-refractivity contribution in [3.05, 3.63) is 17.5 Å². The van der Waals surface area contributed by atoms with E-state index in [1.54, 1.807) is 13.0 Å². The molecule has 0 aliphatic carbocycles. The molecule has 110 valence electrons. The van der Waals surface area contributed by atoms with Crippen LogP contribution in [0.15, 0.2) is 10.6 Å². The molecular formula is C13H19N3O4. The van der Waals surface area contributed by atoms with Crippen LogP contribution in [-0.2, 0) is 9.59 Å². The summed E-state index contributed by atoms with van der Waals surface area (Å²) in [5.41, 5.74) is 5.99. The molecule has 1 aromatic heterocycles. The molecule has 3 unspecified atom stereocenters. The molecule has 1 fully saturated rings. The summed E-state index contributed by atoms with van der Waals surface area (Å²) in [4.78, 5) is 25.3. The van der Waals surface area contributed by atoms with E-state index in [1.807, 2.05) is 6.92 Å². The minimum atomic E-state index is -0.754. The van der Waals surface area contributed by atoms with Crippen molar-refractivity contribution in [2.75, 3.05) is 6.54 Å². The zero-order valence-electron chi connectivity index (χ0n) is 11.6. The van der Waals surface area contributed by atoms with Crippen LogP contribution in [0.4, 0.5) is 0 Å². The first kappa shape index (κ1) is 14.5. The second-order valence-electron chi connectivity index (χ2n) is 5.13. The van der Waals surface area contributed by atoms with Crippen LogP contribution < -0.4 is 5.73 Å². The summed E-state index contributed by atoms with van der Waals surface area (Å²) in [5.74, 6) is -0.898. The van der Waals surface area contributed by atoms with Gasteiger partial charge in [-0.15, -0.1) is 0 Å². The third-order valence-corrected chi connectivity index (χ3v) is 3.59. The molecule has 0 aromatic carbocycles. The summed E-state index contributed by atoms with van der Waals surface area (Å²) in [6, 6.07) is 0.952. The third-order valence-electron chi connectivity index (χ3n) is 3.59. The first-order valence-corrected chi connectivity index (χ1v) is 6.65. The second kappa shape index (κ2) is 5.62. The number of nitrogens with two attached hydrogens (primary N) is 1. The molecule has 0 saturated carbocycles. The van der Waals surface area contributed by atoms with Gasteiger partial charge in [-0.2, -0.15) is 0 Å². The highest BCUT2D eigenvalue weighted by atomic mass is 16.5. The van der Waals surface area contributed by atoms with Gasteiger partial charge in [-0.05, 0) is 13.3 Å². The van der Waals surface area contributed by atoms with E-state index in [1.165, 1.54) is 4.90 Å². The van der Waals surface area contributed by atoms with Gasteiger partial charge in [0.1, 0.15) is 11.8 Å². The monoisotopic (exact) mass is 281 g/mol. The zero-order valence-corrected chi connectivity index (χ0v) is 11.6. The Bertz CT molecular complexity index is 513. The topological polar surface area (TPSA) is 110 Å². The standard InChI is InChI=1S/C13H19N3O4/c1-3-9(11-4-7(2)15-20-11)13(19)16-6-8(17)5-10(16)12(14)18/h4,8-10,17H,3,5-6H2,1-2H3,(H2,14,18). The van der Waals surface area contributed by atoms with Gasteiger partial charge in [0.15, 0.2) is 0 Å². The van der Waals surface area contributed by atoms with Crippen molar-refractivity contribution in [3.63, 3.8) is 0 Å². The number of aliphatic hydroxyl groups excluding tert-OH is 1. The number of aliphatic hydroxyl groups is 1. The quantitative estimate of drug-likeness (QED) is 0.802. The Morgan fingerprint density at radius 3 is 2.85 bits per heavy atom. The van der Waals surface area contributed by atoms with Gasteiger partial charge in [0, 0.05) is 19.0 Å². The van der Waals surface area contributed by atoms with Crippen LogP contribution in [0.1, 0.15) is 37.1 Å². The van der Waals surface area contributed by atoms with Crippen LogP contribution in [0.5, 0.6) is 0 Å². The number of nitrogens with zero attached hydrogens (tertiary/aromatic N) is 2. The Morgan fingerprint density at radius 1 is 1.65 bits per heavy atom. The van der Waals surface area contributed by atoms with Crippen molar-refractivity contribution in [3.8, 4) is 0 Å². The van der Waals surface area contributed by atoms with Gasteiger partial charge >= 0.3 is 0 Å². The Balaban J connectivity index is 2.22. The Hall–Kier alpha value is -1.89. The van der Waals surface area contributed by atoms with Crippen LogP contribution in [0.2, 0.25) is 0 Å². The number of amides is 2.